The summed E-state index contributed by atoms with van der Waals surface area (Å²) in [5.41, 5.74) is 8.60. The molecule has 1 radical (unpaired) electrons. The van der Waals surface area contributed by atoms with E-state index < -0.39 is 13.2 Å². The molecule has 0 saturated carbocycles. The highest BCUT2D eigenvalue weighted by Gasteiger charge is 2.29. The summed E-state index contributed by atoms with van der Waals surface area (Å²) in [5, 5.41) is 14.3. The molecular formula is C39H30BF2N2O2. The zero-order valence-corrected chi connectivity index (χ0v) is 25.9. The van der Waals surface area contributed by atoms with Crippen molar-refractivity contribution in [3.8, 4) is 11.1 Å². The molecule has 1 aliphatic carbocycles. The lowest BCUT2D eigenvalue weighted by Gasteiger charge is -2.21. The molecule has 225 valence electrons. The van der Waals surface area contributed by atoms with Crippen molar-refractivity contribution in [2.24, 2.45) is 4.99 Å². The first-order chi connectivity index (χ1) is 22.1. The largest absolute Gasteiger partial charge is 0.677 e. The molecule has 1 aromatic heterocycles. The number of aromatic nitrogens is 1. The highest BCUT2D eigenvalue weighted by molar-refractivity contribution is 6.41. The zero-order valence-electron chi connectivity index (χ0n) is 25.9. The Bertz CT molecular complexity index is 2190. The van der Waals surface area contributed by atoms with Gasteiger partial charge in [-0.25, -0.2) is 0 Å². The van der Waals surface area contributed by atoms with Crippen LogP contribution in [0.1, 0.15) is 41.9 Å². The van der Waals surface area contributed by atoms with Gasteiger partial charge in [0.05, 0.1) is 11.6 Å². The van der Waals surface area contributed by atoms with Gasteiger partial charge in [-0.15, -0.1) is 0 Å². The molecule has 4 nitrogen and oxygen atoms in total. The number of aliphatic hydroxyl groups is 1. The normalized spacial score (nSPS) is 16.2. The fraction of sp³-hybridized carbons (Fsp3) is 0.103. The summed E-state index contributed by atoms with van der Waals surface area (Å²) < 4.78 is 30.1. The van der Waals surface area contributed by atoms with Crippen molar-refractivity contribution in [2.75, 3.05) is 0 Å². The predicted molar refractivity (Wildman–Crippen MR) is 184 cm³/mol. The number of aliphatic imine (C=N–C) groups is 1. The number of carbonyl (C=O) groups excluding carboxylic acids is 1. The van der Waals surface area contributed by atoms with Gasteiger partial charge < -0.3 is 9.58 Å². The maximum atomic E-state index is 14.5. The molecule has 1 N–H and O–H groups in total. The molecule has 4 aromatic carbocycles. The minimum absolute atomic E-state index is 0.287. The van der Waals surface area contributed by atoms with E-state index in [1.54, 1.807) is 19.1 Å². The molecule has 0 amide bonds. The second kappa shape index (κ2) is 11.3. The average Bonchev–Trinajstić information content (AvgIpc) is 3.53. The van der Waals surface area contributed by atoms with Gasteiger partial charge in [-0.3, -0.25) is 18.4 Å². The van der Waals surface area contributed by atoms with Crippen molar-refractivity contribution < 1.29 is 18.5 Å². The number of fused-ring (bicyclic) bond motifs is 2. The second-order valence-electron chi connectivity index (χ2n) is 11.9. The van der Waals surface area contributed by atoms with Crippen LogP contribution in [0, 0.1) is 19.8 Å². The van der Waals surface area contributed by atoms with Crippen LogP contribution in [0.5, 0.6) is 0 Å². The standard InChI is InChI=1S/C39H30BF2N2O2/c1-22-19-24(3)43-38(22)37(39-23(2)20-25(4)44(39)40(41)42)27-15-13-26(14-16-27)35-29-9-5-7-11-31(29)36(32-12-8-6-10-30(32)35)28-17-18-33(45)34(46)21-28/h5-21,46H,1-4H3/b38-37-. The van der Waals surface area contributed by atoms with Gasteiger partial charge in [0.1, 0.15) is 0 Å². The van der Waals surface area contributed by atoms with Crippen LogP contribution in [0.2, 0.25) is 0 Å². The van der Waals surface area contributed by atoms with Crippen LogP contribution in [0.25, 0.3) is 38.2 Å². The van der Waals surface area contributed by atoms with Gasteiger partial charge in [0.2, 0.25) is 5.78 Å². The molecule has 46 heavy (non-hydrogen) atoms. The van der Waals surface area contributed by atoms with Crippen LogP contribution in [-0.2, 0) is 4.79 Å². The lowest BCUT2D eigenvalue weighted by Crippen LogP contribution is -2.18. The van der Waals surface area contributed by atoms with Crippen molar-refractivity contribution in [3.05, 3.63) is 154 Å². The first-order valence-electron chi connectivity index (χ1n) is 15.1. The van der Waals surface area contributed by atoms with E-state index >= 15 is 0 Å². The van der Waals surface area contributed by atoms with Gasteiger partial charge in [0.25, 0.3) is 0 Å². The number of ketones is 1. The first-order valence-corrected chi connectivity index (χ1v) is 15.1. The maximum Gasteiger partial charge on any atom is 0.677 e. The summed E-state index contributed by atoms with van der Waals surface area (Å²) in [6, 6.07) is 26.1. The van der Waals surface area contributed by atoms with Gasteiger partial charge in [-0.1, -0.05) is 78.9 Å². The average molecular weight is 607 g/mol. The Morgan fingerprint density at radius 2 is 1.37 bits per heavy atom. The SMILES string of the molecule is CC1=CC(C)=N/C1=C(/c1ccc(-c2c3ccccc3c([C]3C=CC(=O)C(O)=C3)c3ccccc23)cc1)c1c(C)cc(C)n1B(F)F. The van der Waals surface area contributed by atoms with Crippen molar-refractivity contribution in [2.45, 2.75) is 27.7 Å². The van der Waals surface area contributed by atoms with Crippen LogP contribution in [-0.4, -0.2) is 28.5 Å². The topological polar surface area (TPSA) is 54.6 Å². The summed E-state index contributed by atoms with van der Waals surface area (Å²) in [6.07, 6.45) is 6.66. The van der Waals surface area contributed by atoms with Gasteiger partial charge in [-0.05, 0) is 107 Å². The van der Waals surface area contributed by atoms with Crippen molar-refractivity contribution in [3.63, 3.8) is 0 Å². The first kappa shape index (κ1) is 29.4. The van der Waals surface area contributed by atoms with Crippen LogP contribution >= 0.6 is 0 Å². The number of nitrogens with zero attached hydrogens (tertiary/aromatic N) is 2. The third-order valence-corrected chi connectivity index (χ3v) is 8.82. The van der Waals surface area contributed by atoms with Crippen LogP contribution in [0.15, 0.2) is 125 Å². The maximum absolute atomic E-state index is 14.5. The summed E-state index contributed by atoms with van der Waals surface area (Å²) in [7, 11) is -2.70. The highest BCUT2D eigenvalue weighted by Crippen LogP contribution is 2.44. The molecule has 5 aromatic rings. The molecule has 0 fully saturated rings. The van der Waals surface area contributed by atoms with E-state index in [0.717, 1.165) is 71.0 Å². The van der Waals surface area contributed by atoms with E-state index in [1.165, 1.54) is 12.2 Å². The van der Waals surface area contributed by atoms with Crippen molar-refractivity contribution in [1.29, 1.82) is 0 Å². The molecule has 2 heterocycles. The highest BCUT2D eigenvalue weighted by atomic mass is 19.2. The quantitative estimate of drug-likeness (QED) is 0.160. The van der Waals surface area contributed by atoms with E-state index in [9.17, 15) is 18.5 Å². The Labute approximate surface area is 266 Å². The Balaban J connectivity index is 1.45. The zero-order chi connectivity index (χ0) is 32.3. The van der Waals surface area contributed by atoms with E-state index in [-0.39, 0.29) is 5.76 Å². The van der Waals surface area contributed by atoms with Crippen molar-refractivity contribution >= 4 is 46.0 Å². The molecule has 0 atom stereocenters. The number of carbonyl (C=O) groups is 1. The number of halogens is 2. The molecule has 0 saturated heterocycles. The van der Waals surface area contributed by atoms with Crippen LogP contribution < -0.4 is 0 Å². The van der Waals surface area contributed by atoms with E-state index in [4.69, 9.17) is 4.99 Å². The number of aryl methyl sites for hydroxylation is 2. The molecule has 0 spiro atoms. The number of hydrogen-bond acceptors (Lipinski definition) is 3. The lowest BCUT2D eigenvalue weighted by molar-refractivity contribution is -0.113. The summed E-state index contributed by atoms with van der Waals surface area (Å²) in [4.78, 5) is 16.8. The Kier molecular flexibility index (Phi) is 7.20. The molecule has 0 bridgehead atoms. The Morgan fingerprint density at radius 1 is 0.783 bits per heavy atom. The number of aliphatic hydroxyl groups excluding tert-OH is 1. The molecule has 0 unspecified atom stereocenters. The van der Waals surface area contributed by atoms with Crippen LogP contribution in [0.3, 0.4) is 0 Å². The summed E-state index contributed by atoms with van der Waals surface area (Å²) >= 11 is 0. The van der Waals surface area contributed by atoms with Crippen molar-refractivity contribution in [1.82, 2.24) is 4.48 Å². The minimum Gasteiger partial charge on any atom is -0.504 e. The van der Waals surface area contributed by atoms with E-state index in [2.05, 4.69) is 24.3 Å². The van der Waals surface area contributed by atoms with Crippen LogP contribution in [0.4, 0.5) is 8.63 Å². The molecule has 2 aliphatic rings. The summed E-state index contributed by atoms with van der Waals surface area (Å²) in [6.45, 7) is 7.45. The van der Waals surface area contributed by atoms with Gasteiger partial charge in [-0.2, -0.15) is 0 Å². The smallest absolute Gasteiger partial charge is 0.504 e. The fourth-order valence-electron chi connectivity index (χ4n) is 6.93. The van der Waals surface area contributed by atoms with Gasteiger partial charge in [0, 0.05) is 22.7 Å². The second-order valence-corrected chi connectivity index (χ2v) is 11.9. The van der Waals surface area contributed by atoms with E-state index in [0.29, 0.717) is 22.7 Å². The van der Waals surface area contributed by atoms with Gasteiger partial charge >= 0.3 is 7.40 Å². The number of rotatable bonds is 5. The predicted octanol–water partition coefficient (Wildman–Crippen LogP) is 9.53. The number of hydrogen-bond donors (Lipinski definition) is 1. The number of allylic oxidation sites excluding steroid dienone is 5. The Hall–Kier alpha value is -5.30. The molecule has 1 aliphatic heterocycles. The molecular weight excluding hydrogens is 577 g/mol. The molecule has 7 heteroatoms. The summed E-state index contributed by atoms with van der Waals surface area (Å²) in [5.74, 6) is 0.0513. The lowest BCUT2D eigenvalue weighted by atomic mass is 9.82. The molecule has 7 rings (SSSR count). The monoisotopic (exact) mass is 607 g/mol. The number of benzene rings is 4. The fourth-order valence-corrected chi connectivity index (χ4v) is 6.93. The third-order valence-electron chi connectivity index (χ3n) is 8.82. The Morgan fingerprint density at radius 3 is 1.89 bits per heavy atom. The third kappa shape index (κ3) is 4.74. The van der Waals surface area contributed by atoms with E-state index in [1.807, 2.05) is 75.4 Å². The van der Waals surface area contributed by atoms with Gasteiger partial charge in [0.15, 0.2) is 5.76 Å². The minimum atomic E-state index is -2.70.